The molecule has 5 amide bonds. The molecule has 1 aliphatic rings. The minimum Gasteiger partial charge on any atom is -0.465 e. The Kier molecular flexibility index (Phi) is 15.1. The Morgan fingerprint density at radius 3 is 2.26 bits per heavy atom. The highest BCUT2D eigenvalue weighted by Gasteiger charge is 2.40. The molecule has 0 spiro atoms. The van der Waals surface area contributed by atoms with E-state index in [0.717, 1.165) is 33.1 Å². The summed E-state index contributed by atoms with van der Waals surface area (Å²) in [5, 5.41) is 31.4. The van der Waals surface area contributed by atoms with Crippen molar-refractivity contribution in [2.45, 2.75) is 84.8 Å². The van der Waals surface area contributed by atoms with E-state index >= 15 is 0 Å². The van der Waals surface area contributed by atoms with E-state index in [1.165, 1.54) is 11.3 Å². The molecule has 5 atom stereocenters. The number of benzene rings is 2. The number of aryl methyl sites for hydroxylation is 1. The first kappa shape index (κ1) is 42.8. The van der Waals surface area contributed by atoms with Crippen LogP contribution in [0.4, 0.5) is 9.59 Å². The largest absolute Gasteiger partial charge is 0.465 e. The molecule has 5 N–H and O–H groups in total. The van der Waals surface area contributed by atoms with Gasteiger partial charge in [0.15, 0.2) is 0 Å². The zero-order valence-corrected chi connectivity index (χ0v) is 34.0. The minimum atomic E-state index is -1.32. The van der Waals surface area contributed by atoms with E-state index in [2.05, 4.69) is 26.0 Å². The van der Waals surface area contributed by atoms with Crippen molar-refractivity contribution in [2.24, 2.45) is 11.8 Å². The number of thiazole rings is 1. The zero-order chi connectivity index (χ0) is 41.1. The number of hydrazine groups is 1. The van der Waals surface area contributed by atoms with Gasteiger partial charge >= 0.3 is 12.1 Å². The minimum absolute atomic E-state index is 0.123. The van der Waals surface area contributed by atoms with Crippen LogP contribution in [0.5, 0.6) is 0 Å². The number of hydrogen-bond acceptors (Lipinski definition) is 9. The van der Waals surface area contributed by atoms with Crippen LogP contribution in [0.25, 0.3) is 11.3 Å². The summed E-state index contributed by atoms with van der Waals surface area (Å²) in [4.78, 5) is 65.7. The molecule has 1 aliphatic heterocycles. The number of rotatable bonds is 19. The van der Waals surface area contributed by atoms with Crippen LogP contribution in [0.1, 0.15) is 55.9 Å². The second kappa shape index (κ2) is 20.2. The summed E-state index contributed by atoms with van der Waals surface area (Å²) in [6.45, 7) is 10.6. The van der Waals surface area contributed by atoms with E-state index in [9.17, 15) is 29.4 Å². The Morgan fingerprint density at radius 2 is 1.65 bits per heavy atom. The van der Waals surface area contributed by atoms with Crippen molar-refractivity contribution in [1.82, 2.24) is 40.8 Å². The lowest BCUT2D eigenvalue weighted by atomic mass is 9.97. The van der Waals surface area contributed by atoms with E-state index in [1.54, 1.807) is 27.9 Å². The molecule has 14 nitrogen and oxygen atoms in total. The van der Waals surface area contributed by atoms with Gasteiger partial charge in [0, 0.05) is 43.3 Å². The highest BCUT2D eigenvalue weighted by atomic mass is 32.1. The summed E-state index contributed by atoms with van der Waals surface area (Å²) in [5.74, 6) is -1.53. The van der Waals surface area contributed by atoms with Gasteiger partial charge in [0.2, 0.25) is 5.91 Å². The van der Waals surface area contributed by atoms with Crippen molar-refractivity contribution in [1.29, 1.82) is 0 Å². The lowest BCUT2D eigenvalue weighted by Gasteiger charge is -2.35. The van der Waals surface area contributed by atoms with Crippen LogP contribution in [0, 0.1) is 18.8 Å². The fourth-order valence-corrected chi connectivity index (χ4v) is 7.61. The Morgan fingerprint density at radius 1 is 0.930 bits per heavy atom. The number of carboxylic acid groups (broad SMARTS) is 1. The standard InChI is InChI=1S/C42H54N8O6S/c1-6-28(4)37(46-41(54)55)39(52)47-49(23-31-15-17-32(18-16-31)34-14-10-11-19-43-34)25-36(51)35(22-30-12-8-7-9-13-30)45-40(53)38(27(2)3)50-21-20-48(42(50)56)24-33-26-57-29(5)44-33/h7-19,26-28,35-38,46,51H,6,20-25H2,1-5H3,(H,45,53)(H,47,52)(H,54,55)/t28-,35-,36-,37-,38-/m0/s1. The van der Waals surface area contributed by atoms with Gasteiger partial charge in [-0.2, -0.15) is 0 Å². The topological polar surface area (TPSA) is 180 Å². The number of nitrogens with one attached hydrogen (secondary N) is 3. The van der Waals surface area contributed by atoms with Crippen LogP contribution in [0.3, 0.4) is 0 Å². The van der Waals surface area contributed by atoms with Gasteiger partial charge in [-0.1, -0.05) is 94.8 Å². The molecule has 0 bridgehead atoms. The van der Waals surface area contributed by atoms with Gasteiger partial charge in [-0.15, -0.1) is 11.3 Å². The lowest BCUT2D eigenvalue weighted by molar-refractivity contribution is -0.131. The van der Waals surface area contributed by atoms with Crippen molar-refractivity contribution < 1.29 is 29.4 Å². The molecule has 4 aromatic rings. The molecule has 3 heterocycles. The first-order valence-corrected chi connectivity index (χ1v) is 20.2. The van der Waals surface area contributed by atoms with Gasteiger partial charge in [0.25, 0.3) is 5.91 Å². The molecule has 57 heavy (non-hydrogen) atoms. The molecule has 5 rings (SSSR count). The van der Waals surface area contributed by atoms with E-state index < -0.39 is 42.1 Å². The van der Waals surface area contributed by atoms with Gasteiger partial charge in [0.1, 0.15) is 12.1 Å². The number of aromatic nitrogens is 2. The molecule has 2 aromatic carbocycles. The van der Waals surface area contributed by atoms with Crippen molar-refractivity contribution in [3.05, 3.63) is 106 Å². The number of carbonyl (C=O) groups is 4. The number of aliphatic hydroxyl groups is 1. The van der Waals surface area contributed by atoms with Crippen LogP contribution in [0.15, 0.2) is 84.4 Å². The Bertz CT molecular complexity index is 1930. The second-order valence-corrected chi connectivity index (χ2v) is 16.0. The van der Waals surface area contributed by atoms with Crippen LogP contribution >= 0.6 is 11.3 Å². The Balaban J connectivity index is 1.38. The summed E-state index contributed by atoms with van der Waals surface area (Å²) >= 11 is 1.52. The monoisotopic (exact) mass is 798 g/mol. The summed E-state index contributed by atoms with van der Waals surface area (Å²) in [6.07, 6.45) is -0.0195. The highest BCUT2D eigenvalue weighted by Crippen LogP contribution is 2.23. The Hall–Kier alpha value is -5.38. The number of hydrogen-bond donors (Lipinski definition) is 5. The molecule has 0 aliphatic carbocycles. The van der Waals surface area contributed by atoms with Gasteiger partial charge < -0.3 is 30.6 Å². The molecular weight excluding hydrogens is 745 g/mol. The Labute approximate surface area is 338 Å². The van der Waals surface area contributed by atoms with Crippen molar-refractivity contribution in [2.75, 3.05) is 19.6 Å². The van der Waals surface area contributed by atoms with Gasteiger partial charge in [-0.05, 0) is 48.4 Å². The van der Waals surface area contributed by atoms with Gasteiger partial charge in [-0.3, -0.25) is 20.0 Å². The molecule has 0 saturated carbocycles. The quantitative estimate of drug-likeness (QED) is 0.0809. The van der Waals surface area contributed by atoms with E-state index in [4.69, 9.17) is 0 Å². The number of aliphatic hydroxyl groups excluding tert-OH is 1. The maximum Gasteiger partial charge on any atom is 0.405 e. The lowest BCUT2D eigenvalue weighted by Crippen LogP contribution is -2.59. The number of carbonyl (C=O) groups excluding carboxylic acids is 3. The smallest absolute Gasteiger partial charge is 0.405 e. The predicted molar refractivity (Wildman–Crippen MR) is 219 cm³/mol. The summed E-state index contributed by atoms with van der Waals surface area (Å²) < 4.78 is 0. The third kappa shape index (κ3) is 11.8. The zero-order valence-electron chi connectivity index (χ0n) is 33.2. The average Bonchev–Trinajstić information content (AvgIpc) is 3.77. The number of nitrogens with zero attached hydrogens (tertiary/aromatic N) is 5. The predicted octanol–water partition coefficient (Wildman–Crippen LogP) is 5.08. The number of pyridine rings is 1. The van der Waals surface area contributed by atoms with Crippen molar-refractivity contribution in [3.63, 3.8) is 0 Å². The van der Waals surface area contributed by atoms with Gasteiger partial charge in [0.05, 0.1) is 35.1 Å². The molecule has 304 valence electrons. The fraction of sp³-hybridized carbons (Fsp3) is 0.429. The molecular formula is C42H54N8O6S. The molecule has 1 saturated heterocycles. The molecule has 2 aromatic heterocycles. The number of urea groups is 1. The highest BCUT2D eigenvalue weighted by molar-refractivity contribution is 7.09. The summed E-state index contributed by atoms with van der Waals surface area (Å²) in [7, 11) is 0. The van der Waals surface area contributed by atoms with E-state index in [-0.39, 0.29) is 37.4 Å². The van der Waals surface area contributed by atoms with E-state index in [1.807, 2.05) is 106 Å². The normalized spacial score (nSPS) is 15.6. The average molecular weight is 799 g/mol. The molecule has 15 heteroatoms. The third-order valence-electron chi connectivity index (χ3n) is 10.2. The van der Waals surface area contributed by atoms with Crippen LogP contribution in [-0.4, -0.2) is 103 Å². The van der Waals surface area contributed by atoms with Gasteiger partial charge in [-0.25, -0.2) is 19.6 Å². The van der Waals surface area contributed by atoms with Crippen LogP contribution in [-0.2, 0) is 29.1 Å². The SMILES string of the molecule is CC[C@H](C)[C@H](NC(=O)O)C(=O)NN(Cc1ccc(-c2ccccn2)cc1)C[C@H](O)[C@H](Cc1ccccc1)NC(=O)[C@H](C(C)C)N1CCN(Cc2csc(C)n2)C1=O. The van der Waals surface area contributed by atoms with Crippen molar-refractivity contribution in [3.8, 4) is 11.3 Å². The fourth-order valence-electron chi connectivity index (χ4n) is 7.00. The maximum atomic E-state index is 14.3. The molecule has 0 unspecified atom stereocenters. The van der Waals surface area contributed by atoms with Crippen molar-refractivity contribution >= 4 is 35.3 Å². The van der Waals surface area contributed by atoms with Crippen LogP contribution < -0.4 is 16.1 Å². The molecule has 0 radical (unpaired) electrons. The maximum absolute atomic E-state index is 14.3. The second-order valence-electron chi connectivity index (χ2n) is 14.9. The molecule has 1 fully saturated rings. The number of amides is 5. The van der Waals surface area contributed by atoms with E-state index in [0.29, 0.717) is 26.1 Å². The van der Waals surface area contributed by atoms with Crippen LogP contribution in [0.2, 0.25) is 0 Å². The summed E-state index contributed by atoms with van der Waals surface area (Å²) in [6, 6.07) is 19.8. The first-order valence-electron chi connectivity index (χ1n) is 19.4. The first-order chi connectivity index (χ1) is 27.3. The summed E-state index contributed by atoms with van der Waals surface area (Å²) in [5.41, 5.74) is 7.06. The third-order valence-corrected chi connectivity index (χ3v) is 11.0.